The van der Waals surface area contributed by atoms with Crippen molar-refractivity contribution in [3.05, 3.63) is 64.7 Å². The minimum absolute atomic E-state index is 0.196. The number of nitrogens with zero attached hydrogens (tertiary/aromatic N) is 4. The van der Waals surface area contributed by atoms with Gasteiger partial charge in [0.15, 0.2) is 0 Å². The lowest BCUT2D eigenvalue weighted by Gasteiger charge is -2.23. The van der Waals surface area contributed by atoms with Gasteiger partial charge in [0.2, 0.25) is 0 Å². The number of hydrogen-bond acceptors (Lipinski definition) is 7. The number of ether oxygens (including phenoxy) is 1. The first-order valence-electron chi connectivity index (χ1n) is 11.1. The minimum Gasteiger partial charge on any atom is -0.497 e. The molecule has 1 aliphatic rings. The highest BCUT2D eigenvalue weighted by Gasteiger charge is 2.24. The van der Waals surface area contributed by atoms with Crippen molar-refractivity contribution in [1.29, 1.82) is 0 Å². The van der Waals surface area contributed by atoms with Gasteiger partial charge in [0, 0.05) is 30.7 Å². The molecule has 1 fully saturated rings. The summed E-state index contributed by atoms with van der Waals surface area (Å²) in [7, 11) is 6.37. The summed E-state index contributed by atoms with van der Waals surface area (Å²) in [5.41, 5.74) is 3.87. The maximum atomic E-state index is 15.1. The molecule has 34 heavy (non-hydrogen) atoms. The molecule has 0 saturated carbocycles. The third kappa shape index (κ3) is 7.07. The van der Waals surface area contributed by atoms with Crippen LogP contribution in [-0.2, 0) is 6.54 Å². The van der Waals surface area contributed by atoms with E-state index < -0.39 is 0 Å². The van der Waals surface area contributed by atoms with Crippen molar-refractivity contribution >= 4 is 34.8 Å². The summed E-state index contributed by atoms with van der Waals surface area (Å²) in [6.45, 7) is 3.64. The molecule has 2 heterocycles. The summed E-state index contributed by atoms with van der Waals surface area (Å²) in [4.78, 5) is 9.57. The van der Waals surface area contributed by atoms with Crippen LogP contribution in [0.2, 0.25) is 0 Å². The van der Waals surface area contributed by atoms with Crippen LogP contribution in [0.5, 0.6) is 5.75 Å². The number of hydrogen-bond donors (Lipinski definition) is 0. The Kier molecular flexibility index (Phi) is 9.98. The molecule has 0 amide bonds. The molecule has 0 radical (unpaired) electrons. The van der Waals surface area contributed by atoms with E-state index in [1.807, 2.05) is 46.1 Å². The van der Waals surface area contributed by atoms with Gasteiger partial charge in [0.05, 0.1) is 31.2 Å². The second-order valence-corrected chi connectivity index (χ2v) is 10.1. The van der Waals surface area contributed by atoms with E-state index in [0.717, 1.165) is 48.9 Å². The first-order valence-corrected chi connectivity index (χ1v) is 12.8. The van der Waals surface area contributed by atoms with Crippen LogP contribution >= 0.6 is 23.3 Å². The van der Waals surface area contributed by atoms with Crippen LogP contribution in [0.3, 0.4) is 0 Å². The average molecular weight is 507 g/mol. The summed E-state index contributed by atoms with van der Waals surface area (Å²) < 4.78 is 31.9. The van der Waals surface area contributed by atoms with Crippen LogP contribution in [0, 0.1) is 11.7 Å². The smallest absolute Gasteiger partial charge is 0.150 e. The number of rotatable bonds is 9. The van der Waals surface area contributed by atoms with Crippen molar-refractivity contribution in [1.82, 2.24) is 9.88 Å². The number of benzene rings is 2. The highest BCUT2D eigenvalue weighted by atomic mass is 32.2. The maximum Gasteiger partial charge on any atom is 0.150 e. The summed E-state index contributed by atoms with van der Waals surface area (Å²) in [6.07, 6.45) is 1.15. The largest absolute Gasteiger partial charge is 0.497 e. The van der Waals surface area contributed by atoms with Crippen LogP contribution in [0.15, 0.2) is 58.3 Å². The first-order chi connectivity index (χ1) is 16.5. The van der Waals surface area contributed by atoms with Crippen molar-refractivity contribution in [2.45, 2.75) is 17.9 Å². The van der Waals surface area contributed by atoms with Gasteiger partial charge in [-0.05, 0) is 74.3 Å². The lowest BCUT2D eigenvalue weighted by Crippen LogP contribution is -2.25. The lowest BCUT2D eigenvalue weighted by molar-refractivity contribution is 0.340. The van der Waals surface area contributed by atoms with E-state index in [9.17, 15) is 4.39 Å². The number of methoxy groups -OCH3 is 1. The Morgan fingerprint density at radius 1 is 1.18 bits per heavy atom. The van der Waals surface area contributed by atoms with Crippen molar-refractivity contribution in [2.75, 3.05) is 57.2 Å². The molecular weight excluding hydrogens is 474 g/mol. The lowest BCUT2D eigenvalue weighted by atomic mass is 10.1. The van der Waals surface area contributed by atoms with Crippen molar-refractivity contribution < 1.29 is 13.5 Å². The van der Waals surface area contributed by atoms with E-state index >= 15 is 4.39 Å². The SMILES string of the molecule is CF.COc1ccc(CN(Sc2ccc(N3CCC(CN(C)C)C3)cc2F)c2cscn2)cc1. The quantitative estimate of drug-likeness (QED) is 0.332. The predicted molar refractivity (Wildman–Crippen MR) is 139 cm³/mol. The molecule has 5 nitrogen and oxygen atoms in total. The van der Waals surface area contributed by atoms with E-state index in [2.05, 4.69) is 28.9 Å². The Balaban J connectivity index is 0.00000158. The number of aromatic nitrogens is 1. The maximum absolute atomic E-state index is 15.1. The highest BCUT2D eigenvalue weighted by molar-refractivity contribution is 8.00. The second kappa shape index (κ2) is 12.9. The molecule has 1 saturated heterocycles. The summed E-state index contributed by atoms with van der Waals surface area (Å²) >= 11 is 2.92. The molecule has 0 bridgehead atoms. The van der Waals surface area contributed by atoms with E-state index in [1.165, 1.54) is 23.3 Å². The molecule has 0 aliphatic carbocycles. The van der Waals surface area contributed by atoms with Crippen molar-refractivity contribution in [2.24, 2.45) is 5.92 Å². The van der Waals surface area contributed by atoms with Gasteiger partial charge < -0.3 is 14.5 Å². The van der Waals surface area contributed by atoms with Gasteiger partial charge in [-0.15, -0.1) is 11.3 Å². The topological polar surface area (TPSA) is 31.8 Å². The molecule has 4 rings (SSSR count). The normalized spacial score (nSPS) is 15.3. The zero-order valence-corrected chi connectivity index (χ0v) is 21.7. The molecule has 2 aromatic carbocycles. The van der Waals surface area contributed by atoms with Crippen molar-refractivity contribution in [3.63, 3.8) is 0 Å². The van der Waals surface area contributed by atoms with E-state index in [0.29, 0.717) is 24.5 Å². The number of anilines is 2. The van der Waals surface area contributed by atoms with Gasteiger partial charge in [-0.1, -0.05) is 12.1 Å². The molecule has 1 atom stereocenters. The molecule has 184 valence electrons. The van der Waals surface area contributed by atoms with Gasteiger partial charge in [0.1, 0.15) is 17.4 Å². The molecular formula is C25H32F2N4OS2. The Labute approximate surface area is 209 Å². The zero-order chi connectivity index (χ0) is 24.5. The molecule has 1 aromatic heterocycles. The zero-order valence-electron chi connectivity index (χ0n) is 20.1. The Morgan fingerprint density at radius 3 is 2.56 bits per heavy atom. The summed E-state index contributed by atoms with van der Waals surface area (Å²) in [6, 6.07) is 13.5. The Bertz CT molecular complexity index is 1000. The molecule has 9 heteroatoms. The highest BCUT2D eigenvalue weighted by Crippen LogP contribution is 2.34. The van der Waals surface area contributed by atoms with Gasteiger partial charge in [-0.2, -0.15) is 0 Å². The van der Waals surface area contributed by atoms with Crippen LogP contribution in [0.4, 0.5) is 20.3 Å². The van der Waals surface area contributed by atoms with Crippen LogP contribution < -0.4 is 13.9 Å². The number of thiazole rings is 1. The van der Waals surface area contributed by atoms with Crippen LogP contribution in [0.1, 0.15) is 12.0 Å². The van der Waals surface area contributed by atoms with Crippen molar-refractivity contribution in [3.8, 4) is 5.75 Å². The third-order valence-electron chi connectivity index (χ3n) is 5.56. The number of alkyl halides is 1. The summed E-state index contributed by atoms with van der Waals surface area (Å²) in [5, 5.41) is 1.98. The second-order valence-electron chi connectivity index (χ2n) is 8.30. The first kappa shape index (κ1) is 26.2. The fourth-order valence-corrected chi connectivity index (χ4v) is 5.52. The van der Waals surface area contributed by atoms with Crippen LogP contribution in [-0.4, -0.2) is 57.9 Å². The molecule has 1 aliphatic heterocycles. The fraction of sp³-hybridized carbons (Fsp3) is 0.400. The number of halogens is 2. The molecule has 0 spiro atoms. The monoisotopic (exact) mass is 506 g/mol. The third-order valence-corrected chi connectivity index (χ3v) is 7.20. The van der Waals surface area contributed by atoms with Crippen LogP contribution in [0.25, 0.3) is 0 Å². The van der Waals surface area contributed by atoms with E-state index in [1.54, 1.807) is 18.7 Å². The Hall–Kier alpha value is -2.36. The fourth-order valence-electron chi connectivity index (χ4n) is 4.00. The predicted octanol–water partition coefficient (Wildman–Crippen LogP) is 5.98. The Morgan fingerprint density at radius 2 is 1.94 bits per heavy atom. The minimum atomic E-state index is -0.196. The molecule has 3 aromatic rings. The molecule has 1 unspecified atom stereocenters. The van der Waals surface area contributed by atoms with Gasteiger partial charge in [-0.3, -0.25) is 8.70 Å². The van der Waals surface area contributed by atoms with E-state index in [4.69, 9.17) is 4.74 Å². The average Bonchev–Trinajstić information content (AvgIpc) is 3.54. The molecule has 0 N–H and O–H groups in total. The standard InChI is InChI=1S/C24H29FN4OS2.CH3F/c1-27(2)13-19-10-11-28(14-19)20-6-9-23(22(25)12-20)32-29(24-16-31-17-26-24)15-18-4-7-21(30-3)8-5-18;1-2/h4-9,12,16-17,19H,10-11,13-15H2,1-3H3;1H3. The van der Waals surface area contributed by atoms with E-state index in [-0.39, 0.29) is 5.82 Å². The van der Waals surface area contributed by atoms with Gasteiger partial charge in [0.25, 0.3) is 0 Å². The summed E-state index contributed by atoms with van der Waals surface area (Å²) in [5.74, 6) is 2.08. The van der Waals surface area contributed by atoms with Gasteiger partial charge in [-0.25, -0.2) is 9.37 Å². The van der Waals surface area contributed by atoms with Gasteiger partial charge >= 0.3 is 0 Å².